The van der Waals surface area contributed by atoms with Crippen LogP contribution in [0.25, 0.3) is 16.4 Å². The Kier molecular flexibility index (Phi) is 5.31. The third-order valence-corrected chi connectivity index (χ3v) is 5.08. The fourth-order valence-electron chi connectivity index (χ4n) is 2.48. The van der Waals surface area contributed by atoms with Crippen molar-refractivity contribution in [3.05, 3.63) is 59.7 Å². The highest BCUT2D eigenvalue weighted by molar-refractivity contribution is 7.16. The molecule has 0 bridgehead atoms. The molecular formula is C19H21N3O2S. The van der Waals surface area contributed by atoms with Gasteiger partial charge in [-0.05, 0) is 18.1 Å². The van der Waals surface area contributed by atoms with Gasteiger partial charge in [-0.1, -0.05) is 55.5 Å². The van der Waals surface area contributed by atoms with Crippen molar-refractivity contribution in [1.29, 1.82) is 0 Å². The average Bonchev–Trinajstić information content (AvgIpc) is 3.29. The lowest BCUT2D eigenvalue weighted by atomic mass is 10.1. The number of rotatable bonds is 6. The van der Waals surface area contributed by atoms with E-state index in [0.29, 0.717) is 10.6 Å². The molecule has 2 N–H and O–H groups in total. The van der Waals surface area contributed by atoms with E-state index in [2.05, 4.69) is 10.3 Å². The van der Waals surface area contributed by atoms with Gasteiger partial charge in [-0.25, -0.2) is 4.98 Å². The normalized spacial score (nSPS) is 12.3. The number of aromatic nitrogens is 2. The van der Waals surface area contributed by atoms with Crippen molar-refractivity contribution in [3.63, 3.8) is 0 Å². The number of amides is 1. The zero-order valence-electron chi connectivity index (χ0n) is 14.2. The van der Waals surface area contributed by atoms with Gasteiger partial charge in [0.15, 0.2) is 5.13 Å². The number of hydrogen-bond donors (Lipinski definition) is 2. The molecule has 3 aromatic rings. The van der Waals surface area contributed by atoms with E-state index >= 15 is 0 Å². The second-order valence-corrected chi connectivity index (χ2v) is 7.11. The zero-order valence-corrected chi connectivity index (χ0v) is 15.0. The topological polar surface area (TPSA) is 67.2 Å². The lowest BCUT2D eigenvalue weighted by Gasteiger charge is -2.19. The van der Waals surface area contributed by atoms with E-state index in [1.165, 1.54) is 11.3 Å². The number of aliphatic hydroxyl groups excluding tert-OH is 1. The molecular weight excluding hydrogens is 334 g/mol. The summed E-state index contributed by atoms with van der Waals surface area (Å²) in [5.74, 6) is -0.0616. The fraction of sp³-hybridized carbons (Fsp3) is 0.263. The van der Waals surface area contributed by atoms with Crippen LogP contribution in [-0.2, 0) is 0 Å². The number of carbonyl (C=O) groups excluding carboxylic acids is 1. The largest absolute Gasteiger partial charge is 0.394 e. The maximum atomic E-state index is 12.8. The van der Waals surface area contributed by atoms with Crippen molar-refractivity contribution < 1.29 is 9.90 Å². The lowest BCUT2D eigenvalue weighted by Crippen LogP contribution is -2.41. The van der Waals surface area contributed by atoms with Gasteiger partial charge in [-0.15, -0.1) is 0 Å². The van der Waals surface area contributed by atoms with Gasteiger partial charge in [0.25, 0.3) is 5.91 Å². The van der Waals surface area contributed by atoms with E-state index in [4.69, 9.17) is 0 Å². The van der Waals surface area contributed by atoms with Crippen LogP contribution in [0.1, 0.15) is 23.5 Å². The number of thiazole rings is 1. The van der Waals surface area contributed by atoms with Gasteiger partial charge in [0.1, 0.15) is 4.88 Å². The summed E-state index contributed by atoms with van der Waals surface area (Å²) in [5.41, 5.74) is 1.56. The Hall–Kier alpha value is -2.44. The smallest absolute Gasteiger partial charge is 0.264 e. The van der Waals surface area contributed by atoms with Crippen LogP contribution in [0, 0.1) is 5.92 Å². The number of aliphatic hydroxyl groups is 1. The van der Waals surface area contributed by atoms with Crippen LogP contribution in [-0.4, -0.2) is 33.2 Å². The molecule has 0 radical (unpaired) electrons. The summed E-state index contributed by atoms with van der Waals surface area (Å²) >= 11 is 1.34. The van der Waals surface area contributed by atoms with Gasteiger partial charge in [0.05, 0.1) is 18.3 Å². The molecule has 1 aromatic carbocycles. The van der Waals surface area contributed by atoms with E-state index in [0.717, 1.165) is 10.7 Å². The molecule has 25 heavy (non-hydrogen) atoms. The number of benzene rings is 1. The third kappa shape index (κ3) is 3.81. The summed E-state index contributed by atoms with van der Waals surface area (Å²) < 4.78 is 1.89. The van der Waals surface area contributed by atoms with Crippen molar-refractivity contribution in [1.82, 2.24) is 14.9 Å². The molecule has 0 saturated heterocycles. The Morgan fingerprint density at radius 3 is 2.48 bits per heavy atom. The van der Waals surface area contributed by atoms with Crippen LogP contribution in [0.4, 0.5) is 0 Å². The van der Waals surface area contributed by atoms with Crippen LogP contribution in [0.3, 0.4) is 0 Å². The predicted octanol–water partition coefficient (Wildman–Crippen LogP) is 3.35. The molecule has 1 atom stereocenters. The molecule has 0 aliphatic rings. The van der Waals surface area contributed by atoms with Crippen molar-refractivity contribution in [2.24, 2.45) is 5.92 Å². The number of hydrogen-bond acceptors (Lipinski definition) is 4. The van der Waals surface area contributed by atoms with E-state index in [1.807, 2.05) is 73.3 Å². The zero-order chi connectivity index (χ0) is 17.8. The molecule has 0 aliphatic heterocycles. The van der Waals surface area contributed by atoms with Gasteiger partial charge in [0, 0.05) is 18.0 Å². The second-order valence-electron chi connectivity index (χ2n) is 6.14. The molecule has 0 unspecified atom stereocenters. The number of carbonyl (C=O) groups is 1. The Bertz CT molecular complexity index is 826. The van der Waals surface area contributed by atoms with Crippen molar-refractivity contribution in [2.75, 3.05) is 6.61 Å². The third-order valence-electron chi connectivity index (χ3n) is 4.01. The first kappa shape index (κ1) is 17.4. The molecule has 6 heteroatoms. The summed E-state index contributed by atoms with van der Waals surface area (Å²) in [7, 11) is 0. The minimum Gasteiger partial charge on any atom is -0.394 e. The summed E-state index contributed by atoms with van der Waals surface area (Å²) in [5, 5.41) is 13.2. The van der Waals surface area contributed by atoms with E-state index in [-0.39, 0.29) is 24.5 Å². The monoisotopic (exact) mass is 355 g/mol. The van der Waals surface area contributed by atoms with Crippen molar-refractivity contribution in [2.45, 2.75) is 19.9 Å². The molecule has 0 saturated carbocycles. The van der Waals surface area contributed by atoms with Gasteiger partial charge in [0.2, 0.25) is 0 Å². The molecule has 0 fully saturated rings. The summed E-state index contributed by atoms with van der Waals surface area (Å²) in [6.45, 7) is 3.85. The quantitative estimate of drug-likeness (QED) is 0.712. The highest BCUT2D eigenvalue weighted by Crippen LogP contribution is 2.30. The highest BCUT2D eigenvalue weighted by Gasteiger charge is 2.23. The first-order valence-electron chi connectivity index (χ1n) is 8.21. The van der Waals surface area contributed by atoms with E-state index in [9.17, 15) is 9.90 Å². The highest BCUT2D eigenvalue weighted by atomic mass is 32.1. The molecule has 1 amide bonds. The Morgan fingerprint density at radius 1 is 1.20 bits per heavy atom. The Labute approximate surface area is 151 Å². The van der Waals surface area contributed by atoms with Crippen molar-refractivity contribution >= 4 is 17.2 Å². The fourth-order valence-corrected chi connectivity index (χ4v) is 3.44. The first-order chi connectivity index (χ1) is 12.1. The maximum absolute atomic E-state index is 12.8. The molecule has 0 spiro atoms. The second kappa shape index (κ2) is 7.63. The summed E-state index contributed by atoms with van der Waals surface area (Å²) in [6, 6.07) is 13.2. The Morgan fingerprint density at radius 2 is 1.88 bits per heavy atom. The van der Waals surface area contributed by atoms with Crippen LogP contribution >= 0.6 is 11.3 Å². The molecule has 130 valence electrons. The van der Waals surface area contributed by atoms with Gasteiger partial charge in [-0.3, -0.25) is 4.79 Å². The van der Waals surface area contributed by atoms with Crippen LogP contribution in [0.2, 0.25) is 0 Å². The summed E-state index contributed by atoms with van der Waals surface area (Å²) in [6.07, 6.45) is 3.81. The average molecular weight is 355 g/mol. The lowest BCUT2D eigenvalue weighted by molar-refractivity contribution is 0.0901. The van der Waals surface area contributed by atoms with E-state index < -0.39 is 0 Å². The molecule has 3 rings (SSSR count). The standard InChI is InChI=1S/C19H21N3O2S/c1-13(2)15(12-23)20-18(24)17-16(14-8-4-3-5-9-14)21-19(25-17)22-10-6-7-11-22/h3-11,13,15,23H,12H2,1-2H3,(H,20,24)/t15-/m1/s1. The maximum Gasteiger partial charge on any atom is 0.264 e. The van der Waals surface area contributed by atoms with Gasteiger partial charge < -0.3 is 15.0 Å². The van der Waals surface area contributed by atoms with Crippen LogP contribution < -0.4 is 5.32 Å². The van der Waals surface area contributed by atoms with Crippen LogP contribution in [0.15, 0.2) is 54.9 Å². The summed E-state index contributed by atoms with van der Waals surface area (Å²) in [4.78, 5) is 18.1. The first-order valence-corrected chi connectivity index (χ1v) is 9.03. The minimum atomic E-state index is -0.284. The van der Waals surface area contributed by atoms with Gasteiger partial charge in [-0.2, -0.15) is 0 Å². The SMILES string of the molecule is CC(C)[C@@H](CO)NC(=O)c1sc(-n2cccc2)nc1-c1ccccc1. The molecule has 0 aliphatic carbocycles. The van der Waals surface area contributed by atoms with Gasteiger partial charge >= 0.3 is 0 Å². The predicted molar refractivity (Wildman–Crippen MR) is 100 cm³/mol. The Balaban J connectivity index is 2.00. The van der Waals surface area contributed by atoms with Crippen LogP contribution in [0.5, 0.6) is 0 Å². The number of nitrogens with zero attached hydrogens (tertiary/aromatic N) is 2. The molecule has 2 aromatic heterocycles. The van der Waals surface area contributed by atoms with E-state index in [1.54, 1.807) is 0 Å². The van der Waals surface area contributed by atoms with Crippen molar-refractivity contribution in [3.8, 4) is 16.4 Å². The number of nitrogens with one attached hydrogen (secondary N) is 1. The molecule has 2 heterocycles. The molecule has 5 nitrogen and oxygen atoms in total. The minimum absolute atomic E-state index is 0.0899.